The van der Waals surface area contributed by atoms with Crippen LogP contribution in [0, 0.1) is 12.7 Å². The number of carbonyl (C=O) groups excluding carboxylic acids is 2. The summed E-state index contributed by atoms with van der Waals surface area (Å²) in [5, 5.41) is 19.2. The average Bonchev–Trinajstić information content (AvgIpc) is 3.51. The summed E-state index contributed by atoms with van der Waals surface area (Å²) >= 11 is 0. The molecule has 37 heavy (non-hydrogen) atoms. The van der Waals surface area contributed by atoms with Crippen molar-refractivity contribution in [2.45, 2.75) is 38.8 Å². The molecule has 2 atom stereocenters. The van der Waals surface area contributed by atoms with Gasteiger partial charge in [0.2, 0.25) is 0 Å². The van der Waals surface area contributed by atoms with Gasteiger partial charge in [0.05, 0.1) is 17.6 Å². The number of carboxylic acids is 1. The molecule has 2 amide bonds. The average molecular weight is 503 g/mol. The molecule has 11 heteroatoms. The van der Waals surface area contributed by atoms with Crippen LogP contribution in [0.4, 0.5) is 4.39 Å². The lowest BCUT2D eigenvalue weighted by Crippen LogP contribution is -2.31. The molecule has 0 fully saturated rings. The zero-order valence-electron chi connectivity index (χ0n) is 20.0. The van der Waals surface area contributed by atoms with Gasteiger partial charge in [-0.3, -0.25) is 9.59 Å². The SMILES string of the molecule is Cc1c(C(=O)O)ccc2c1CC[C@@H]2NC(=O)c1cc(C(=O)N[C@H](C)c2ccc(F)cc2)nc2ncnn12. The molecule has 0 unspecified atom stereocenters. The normalized spacial score (nSPS) is 15.3. The Hall–Kier alpha value is -4.67. The summed E-state index contributed by atoms with van der Waals surface area (Å²) < 4.78 is 14.5. The first kappa shape index (κ1) is 24.0. The minimum atomic E-state index is -0.988. The van der Waals surface area contributed by atoms with Crippen molar-refractivity contribution < 1.29 is 23.9 Å². The first-order chi connectivity index (χ1) is 17.7. The highest BCUT2D eigenvalue weighted by Crippen LogP contribution is 2.35. The van der Waals surface area contributed by atoms with E-state index in [0.717, 1.165) is 11.1 Å². The van der Waals surface area contributed by atoms with Gasteiger partial charge in [-0.05, 0) is 67.1 Å². The highest BCUT2D eigenvalue weighted by Gasteiger charge is 2.29. The van der Waals surface area contributed by atoms with Crippen molar-refractivity contribution in [3.63, 3.8) is 0 Å². The second kappa shape index (κ2) is 9.41. The van der Waals surface area contributed by atoms with Crippen molar-refractivity contribution in [1.82, 2.24) is 30.2 Å². The van der Waals surface area contributed by atoms with Crippen LogP contribution < -0.4 is 10.6 Å². The minimum Gasteiger partial charge on any atom is -0.478 e. The summed E-state index contributed by atoms with van der Waals surface area (Å²) in [4.78, 5) is 46.1. The number of fused-ring (bicyclic) bond motifs is 2. The molecule has 3 N–H and O–H groups in total. The lowest BCUT2D eigenvalue weighted by Gasteiger charge is -2.17. The van der Waals surface area contributed by atoms with Crippen molar-refractivity contribution in [2.75, 3.05) is 0 Å². The Morgan fingerprint density at radius 2 is 1.89 bits per heavy atom. The number of amides is 2. The van der Waals surface area contributed by atoms with Crippen LogP contribution in [0.25, 0.3) is 5.78 Å². The summed E-state index contributed by atoms with van der Waals surface area (Å²) in [7, 11) is 0. The van der Waals surface area contributed by atoms with E-state index in [9.17, 15) is 23.9 Å². The molecule has 5 rings (SSSR count). The summed E-state index contributed by atoms with van der Waals surface area (Å²) in [5.74, 6) is -2.28. The lowest BCUT2D eigenvalue weighted by atomic mass is 9.98. The van der Waals surface area contributed by atoms with Crippen LogP contribution in [0.1, 0.15) is 79.0 Å². The van der Waals surface area contributed by atoms with Crippen LogP contribution in [-0.2, 0) is 6.42 Å². The van der Waals surface area contributed by atoms with Gasteiger partial charge in [0.1, 0.15) is 23.5 Å². The number of halogens is 1. The number of nitrogens with zero attached hydrogens (tertiary/aromatic N) is 4. The van der Waals surface area contributed by atoms with Gasteiger partial charge >= 0.3 is 5.97 Å². The maximum Gasteiger partial charge on any atom is 0.335 e. The van der Waals surface area contributed by atoms with Gasteiger partial charge < -0.3 is 15.7 Å². The summed E-state index contributed by atoms with van der Waals surface area (Å²) in [5.41, 5.74) is 3.49. The molecule has 0 saturated heterocycles. The summed E-state index contributed by atoms with van der Waals surface area (Å²) in [6, 6.07) is 9.65. The number of aromatic nitrogens is 4. The molecule has 0 radical (unpaired) electrons. The van der Waals surface area contributed by atoms with Gasteiger partial charge in [0, 0.05) is 6.07 Å². The lowest BCUT2D eigenvalue weighted by molar-refractivity contribution is 0.0695. The predicted octanol–water partition coefficient (Wildman–Crippen LogP) is 3.18. The Labute approximate surface area is 210 Å². The number of carbonyl (C=O) groups is 3. The number of benzene rings is 2. The van der Waals surface area contributed by atoms with E-state index in [0.29, 0.717) is 24.0 Å². The monoisotopic (exact) mass is 502 g/mol. The molecule has 1 aliphatic carbocycles. The fourth-order valence-electron chi connectivity index (χ4n) is 4.69. The summed E-state index contributed by atoms with van der Waals surface area (Å²) in [6.45, 7) is 3.52. The molecule has 188 valence electrons. The predicted molar refractivity (Wildman–Crippen MR) is 130 cm³/mol. The Morgan fingerprint density at radius 1 is 1.14 bits per heavy atom. The van der Waals surface area contributed by atoms with Crippen LogP contribution in [0.15, 0.2) is 48.8 Å². The molecule has 2 aromatic carbocycles. The van der Waals surface area contributed by atoms with Crippen molar-refractivity contribution in [1.29, 1.82) is 0 Å². The third kappa shape index (κ3) is 4.51. The fourth-order valence-corrected chi connectivity index (χ4v) is 4.69. The number of hydrogen-bond acceptors (Lipinski definition) is 6. The number of aromatic carboxylic acids is 1. The highest BCUT2D eigenvalue weighted by molar-refractivity contribution is 5.98. The van der Waals surface area contributed by atoms with E-state index in [1.54, 1.807) is 38.1 Å². The molecule has 0 bridgehead atoms. The molecule has 0 saturated carbocycles. The Morgan fingerprint density at radius 3 is 2.62 bits per heavy atom. The van der Waals surface area contributed by atoms with Gasteiger partial charge in [-0.2, -0.15) is 14.6 Å². The van der Waals surface area contributed by atoms with Gasteiger partial charge in [0.25, 0.3) is 17.6 Å². The second-order valence-electron chi connectivity index (χ2n) is 8.92. The number of carboxylic acid groups (broad SMARTS) is 1. The molecule has 2 aromatic heterocycles. The van der Waals surface area contributed by atoms with Gasteiger partial charge in [-0.25, -0.2) is 14.2 Å². The Kier molecular flexibility index (Phi) is 6.12. The standard InChI is InChI=1S/C26H23FN6O4/c1-13-17-9-10-20(19(17)8-7-18(13)25(36)37)31-24(35)22-11-21(32-26-28-12-29-33(22)26)23(34)30-14(2)15-3-5-16(27)6-4-15/h3-8,11-12,14,20H,9-10H2,1-2H3,(H,30,34)(H,31,35)(H,36,37)/t14-,20+/m1/s1. The molecular weight excluding hydrogens is 479 g/mol. The van der Waals surface area contributed by atoms with E-state index in [-0.39, 0.29) is 34.6 Å². The van der Waals surface area contributed by atoms with Crippen molar-refractivity contribution in [3.05, 3.63) is 93.8 Å². The van der Waals surface area contributed by atoms with E-state index in [4.69, 9.17) is 0 Å². The van der Waals surface area contributed by atoms with Crippen LogP contribution in [-0.4, -0.2) is 42.5 Å². The van der Waals surface area contributed by atoms with Crippen LogP contribution >= 0.6 is 0 Å². The van der Waals surface area contributed by atoms with E-state index in [1.165, 1.54) is 29.0 Å². The molecule has 0 aliphatic heterocycles. The van der Waals surface area contributed by atoms with E-state index in [2.05, 4.69) is 25.7 Å². The third-order valence-electron chi connectivity index (χ3n) is 6.66. The van der Waals surface area contributed by atoms with E-state index in [1.807, 2.05) is 0 Å². The second-order valence-corrected chi connectivity index (χ2v) is 8.92. The molecular formula is C26H23FN6O4. The Bertz CT molecular complexity index is 1550. The van der Waals surface area contributed by atoms with E-state index >= 15 is 0 Å². The maximum absolute atomic E-state index is 13.3. The van der Waals surface area contributed by atoms with Crippen LogP contribution in [0.3, 0.4) is 0 Å². The molecule has 0 spiro atoms. The molecule has 10 nitrogen and oxygen atoms in total. The number of rotatable bonds is 6. The first-order valence-electron chi connectivity index (χ1n) is 11.7. The quantitative estimate of drug-likeness (QED) is 0.368. The largest absolute Gasteiger partial charge is 0.478 e. The summed E-state index contributed by atoms with van der Waals surface area (Å²) in [6.07, 6.45) is 2.49. The molecule has 2 heterocycles. The zero-order valence-corrected chi connectivity index (χ0v) is 20.0. The smallest absolute Gasteiger partial charge is 0.335 e. The van der Waals surface area contributed by atoms with Crippen molar-refractivity contribution in [2.24, 2.45) is 0 Å². The van der Waals surface area contributed by atoms with Crippen LogP contribution in [0.2, 0.25) is 0 Å². The zero-order chi connectivity index (χ0) is 26.3. The first-order valence-corrected chi connectivity index (χ1v) is 11.7. The third-order valence-corrected chi connectivity index (χ3v) is 6.66. The Balaban J connectivity index is 1.39. The van der Waals surface area contributed by atoms with Gasteiger partial charge in [-0.15, -0.1) is 0 Å². The van der Waals surface area contributed by atoms with Crippen molar-refractivity contribution >= 4 is 23.6 Å². The molecule has 4 aromatic rings. The van der Waals surface area contributed by atoms with Gasteiger partial charge in [0.15, 0.2) is 0 Å². The fraction of sp³-hybridized carbons (Fsp3) is 0.231. The highest BCUT2D eigenvalue weighted by atomic mass is 19.1. The number of nitrogens with one attached hydrogen (secondary N) is 2. The van der Waals surface area contributed by atoms with E-state index < -0.39 is 23.8 Å². The maximum atomic E-state index is 13.3. The minimum absolute atomic E-state index is 0.0200. The van der Waals surface area contributed by atoms with Gasteiger partial charge in [-0.1, -0.05) is 18.2 Å². The van der Waals surface area contributed by atoms with Crippen LogP contribution in [0.5, 0.6) is 0 Å². The van der Waals surface area contributed by atoms with Crippen molar-refractivity contribution in [3.8, 4) is 0 Å². The number of hydrogen-bond donors (Lipinski definition) is 3. The molecule has 1 aliphatic rings. The topological polar surface area (TPSA) is 139 Å².